The van der Waals surface area contributed by atoms with Crippen molar-refractivity contribution in [3.63, 3.8) is 0 Å². The molecule has 4 amide bonds. The molecule has 1 spiro atoms. The first-order valence-electron chi connectivity index (χ1n) is 10.2. The van der Waals surface area contributed by atoms with Gasteiger partial charge in [-0.1, -0.05) is 35.9 Å². The number of methoxy groups -OCH3 is 1. The minimum absolute atomic E-state index is 0.0782. The van der Waals surface area contributed by atoms with Gasteiger partial charge in [0.05, 0.1) is 26.6 Å². The molecule has 0 aromatic heterocycles. The van der Waals surface area contributed by atoms with Crippen molar-refractivity contribution in [3.05, 3.63) is 64.7 Å². The van der Waals surface area contributed by atoms with Crippen LogP contribution in [0.15, 0.2) is 48.5 Å². The van der Waals surface area contributed by atoms with Gasteiger partial charge in [-0.3, -0.25) is 14.5 Å². The number of carbonyl (C=O) groups is 3. The summed E-state index contributed by atoms with van der Waals surface area (Å²) < 4.78 is 5.22. The molecule has 2 aliphatic heterocycles. The van der Waals surface area contributed by atoms with Gasteiger partial charge in [0.2, 0.25) is 5.91 Å². The van der Waals surface area contributed by atoms with Gasteiger partial charge in [0.25, 0.3) is 5.91 Å². The van der Waals surface area contributed by atoms with Crippen LogP contribution in [0.1, 0.15) is 24.0 Å². The van der Waals surface area contributed by atoms with Crippen LogP contribution in [0.3, 0.4) is 0 Å². The molecule has 4 rings (SSSR count). The summed E-state index contributed by atoms with van der Waals surface area (Å²) in [7, 11) is 1.58. The van der Waals surface area contributed by atoms with E-state index < -0.39 is 11.6 Å². The van der Waals surface area contributed by atoms with Crippen LogP contribution < -0.4 is 10.1 Å². The number of benzene rings is 2. The van der Waals surface area contributed by atoms with Gasteiger partial charge in [0.15, 0.2) is 0 Å². The predicted molar refractivity (Wildman–Crippen MR) is 116 cm³/mol. The number of amides is 4. The molecule has 0 aliphatic carbocycles. The van der Waals surface area contributed by atoms with E-state index >= 15 is 0 Å². The number of urea groups is 1. The van der Waals surface area contributed by atoms with Crippen molar-refractivity contribution in [1.29, 1.82) is 0 Å². The largest absolute Gasteiger partial charge is 0.497 e. The molecule has 2 aliphatic rings. The number of hydrogen-bond acceptors (Lipinski definition) is 4. The molecular formula is C23H24ClN3O4. The zero-order valence-electron chi connectivity index (χ0n) is 17.3. The molecule has 1 N–H and O–H groups in total. The average molecular weight is 442 g/mol. The van der Waals surface area contributed by atoms with Crippen LogP contribution in [0, 0.1) is 0 Å². The average Bonchev–Trinajstić information content (AvgIpc) is 2.99. The summed E-state index contributed by atoms with van der Waals surface area (Å²) in [5, 5.41) is 3.46. The number of ether oxygens (including phenoxy) is 1. The predicted octanol–water partition coefficient (Wildman–Crippen LogP) is 3.00. The van der Waals surface area contributed by atoms with E-state index in [2.05, 4.69) is 5.32 Å². The molecule has 2 aromatic carbocycles. The van der Waals surface area contributed by atoms with Gasteiger partial charge in [-0.25, -0.2) is 4.79 Å². The lowest BCUT2D eigenvalue weighted by molar-refractivity contribution is -0.138. The van der Waals surface area contributed by atoms with Crippen LogP contribution in [0.25, 0.3) is 0 Å². The zero-order valence-corrected chi connectivity index (χ0v) is 18.0. The Bertz CT molecular complexity index is 1010. The highest BCUT2D eigenvalue weighted by molar-refractivity contribution is 6.30. The van der Waals surface area contributed by atoms with E-state index in [4.69, 9.17) is 16.3 Å². The molecule has 2 fully saturated rings. The molecule has 0 bridgehead atoms. The molecule has 8 heteroatoms. The Hall–Kier alpha value is -3.06. The Morgan fingerprint density at radius 3 is 2.68 bits per heavy atom. The molecule has 31 heavy (non-hydrogen) atoms. The number of hydrogen-bond donors (Lipinski definition) is 1. The van der Waals surface area contributed by atoms with Crippen LogP contribution in [-0.4, -0.2) is 53.4 Å². The molecule has 2 heterocycles. The van der Waals surface area contributed by atoms with Crippen LogP contribution in [0.5, 0.6) is 5.75 Å². The Labute approximate surface area is 185 Å². The number of nitrogens with one attached hydrogen (secondary N) is 1. The first-order chi connectivity index (χ1) is 14.9. The lowest BCUT2D eigenvalue weighted by Crippen LogP contribution is -2.59. The van der Waals surface area contributed by atoms with Gasteiger partial charge in [-0.05, 0) is 48.2 Å². The Balaban J connectivity index is 1.46. The maximum Gasteiger partial charge on any atom is 0.325 e. The second kappa shape index (κ2) is 8.59. The van der Waals surface area contributed by atoms with Crippen molar-refractivity contribution >= 4 is 29.4 Å². The monoisotopic (exact) mass is 441 g/mol. The van der Waals surface area contributed by atoms with Crippen molar-refractivity contribution in [1.82, 2.24) is 15.1 Å². The minimum atomic E-state index is -1.06. The van der Waals surface area contributed by atoms with Crippen molar-refractivity contribution in [2.24, 2.45) is 0 Å². The normalized spacial score (nSPS) is 20.8. The summed E-state index contributed by atoms with van der Waals surface area (Å²) in [6.45, 7) is 0.906. The van der Waals surface area contributed by atoms with Gasteiger partial charge in [0.1, 0.15) is 11.3 Å². The number of likely N-dealkylation sites (tertiary alicyclic amines) is 1. The second-order valence-corrected chi connectivity index (χ2v) is 8.41. The smallest absolute Gasteiger partial charge is 0.325 e. The van der Waals surface area contributed by atoms with E-state index in [1.807, 2.05) is 24.3 Å². The molecule has 7 nitrogen and oxygen atoms in total. The SMILES string of the molecule is COc1cccc(CC(=O)N2CCCC3(C2)NC(=O)N(Cc2ccc(Cl)cc2)C3=O)c1. The van der Waals surface area contributed by atoms with Gasteiger partial charge in [-0.2, -0.15) is 0 Å². The molecule has 162 valence electrons. The lowest BCUT2D eigenvalue weighted by atomic mass is 9.88. The third kappa shape index (κ3) is 4.37. The van der Waals surface area contributed by atoms with Gasteiger partial charge in [-0.15, -0.1) is 0 Å². The van der Waals surface area contributed by atoms with Gasteiger partial charge in [0, 0.05) is 11.6 Å². The second-order valence-electron chi connectivity index (χ2n) is 7.98. The fourth-order valence-electron chi connectivity index (χ4n) is 4.21. The van der Waals surface area contributed by atoms with E-state index in [9.17, 15) is 14.4 Å². The Kier molecular flexibility index (Phi) is 5.87. The van der Waals surface area contributed by atoms with Crippen LogP contribution in [-0.2, 0) is 22.6 Å². The van der Waals surface area contributed by atoms with Crippen molar-refractivity contribution in [3.8, 4) is 5.75 Å². The maximum absolute atomic E-state index is 13.2. The molecule has 1 unspecified atom stereocenters. The summed E-state index contributed by atoms with van der Waals surface area (Å²) in [5.74, 6) is 0.327. The standard InChI is InChI=1S/C23H24ClN3O4/c1-31-19-5-2-4-17(12-19)13-20(28)26-11-3-10-23(15-26)21(29)27(22(30)25-23)14-16-6-8-18(24)9-7-16/h2,4-9,12H,3,10-11,13-15H2,1H3,(H,25,30). The highest BCUT2D eigenvalue weighted by Gasteiger charge is 2.53. The molecule has 2 saturated heterocycles. The zero-order chi connectivity index (χ0) is 22.0. The number of imide groups is 1. The fraction of sp³-hybridized carbons (Fsp3) is 0.348. The third-order valence-electron chi connectivity index (χ3n) is 5.83. The third-order valence-corrected chi connectivity index (χ3v) is 6.09. The number of halogens is 1. The lowest BCUT2D eigenvalue weighted by Gasteiger charge is -2.38. The van der Waals surface area contributed by atoms with E-state index in [0.29, 0.717) is 30.2 Å². The minimum Gasteiger partial charge on any atom is -0.497 e. The highest BCUT2D eigenvalue weighted by atomic mass is 35.5. The summed E-state index contributed by atoms with van der Waals surface area (Å²) in [5.41, 5.74) is 0.591. The molecule has 0 radical (unpaired) electrons. The molecular weight excluding hydrogens is 418 g/mol. The van der Waals surface area contributed by atoms with E-state index in [1.54, 1.807) is 36.3 Å². The first-order valence-corrected chi connectivity index (χ1v) is 10.6. The summed E-state index contributed by atoms with van der Waals surface area (Å²) in [4.78, 5) is 41.7. The fourth-order valence-corrected chi connectivity index (χ4v) is 4.33. The summed E-state index contributed by atoms with van der Waals surface area (Å²) in [6, 6.07) is 14.0. The van der Waals surface area contributed by atoms with Gasteiger partial charge >= 0.3 is 6.03 Å². The Morgan fingerprint density at radius 1 is 1.16 bits per heavy atom. The van der Waals surface area contributed by atoms with Gasteiger partial charge < -0.3 is 15.0 Å². The molecule has 0 saturated carbocycles. The highest BCUT2D eigenvalue weighted by Crippen LogP contribution is 2.30. The van der Waals surface area contributed by atoms with E-state index in [1.165, 1.54) is 4.90 Å². The molecule has 1 atom stereocenters. The first kappa shape index (κ1) is 21.2. The maximum atomic E-state index is 13.2. The van der Waals surface area contributed by atoms with Crippen molar-refractivity contribution < 1.29 is 19.1 Å². The number of carbonyl (C=O) groups excluding carboxylic acids is 3. The summed E-state index contributed by atoms with van der Waals surface area (Å²) >= 11 is 5.92. The van der Waals surface area contributed by atoms with Crippen LogP contribution in [0.4, 0.5) is 4.79 Å². The van der Waals surface area contributed by atoms with Crippen LogP contribution in [0.2, 0.25) is 5.02 Å². The number of rotatable bonds is 5. The summed E-state index contributed by atoms with van der Waals surface area (Å²) in [6.07, 6.45) is 1.37. The number of piperidine rings is 1. The topological polar surface area (TPSA) is 79.0 Å². The van der Waals surface area contributed by atoms with E-state index in [-0.39, 0.29) is 31.3 Å². The quantitative estimate of drug-likeness (QED) is 0.723. The number of nitrogens with zero attached hydrogens (tertiary/aromatic N) is 2. The van der Waals surface area contributed by atoms with Crippen molar-refractivity contribution in [2.45, 2.75) is 31.3 Å². The van der Waals surface area contributed by atoms with E-state index in [0.717, 1.165) is 11.1 Å². The molecule has 2 aromatic rings. The Morgan fingerprint density at radius 2 is 1.94 bits per heavy atom. The van der Waals surface area contributed by atoms with Crippen LogP contribution >= 0.6 is 11.6 Å². The van der Waals surface area contributed by atoms with Crippen molar-refractivity contribution in [2.75, 3.05) is 20.2 Å².